The maximum absolute atomic E-state index is 3.64. The molecule has 1 N–H and O–H groups in total. The van der Waals surface area contributed by atoms with E-state index in [-0.39, 0.29) is 5.54 Å². The lowest BCUT2D eigenvalue weighted by atomic mass is 9.74. The molecule has 1 unspecified atom stereocenters. The molecule has 0 aromatic heterocycles. The maximum atomic E-state index is 3.64. The average Bonchev–Trinajstić information content (AvgIpc) is 2.94. The van der Waals surface area contributed by atoms with Crippen molar-refractivity contribution in [2.75, 3.05) is 20.1 Å². The molecule has 0 amide bonds. The highest BCUT2D eigenvalue weighted by atomic mass is 15.2. The van der Waals surface area contributed by atoms with E-state index in [0.29, 0.717) is 6.04 Å². The number of likely N-dealkylation sites (tertiary alicyclic amines) is 1. The van der Waals surface area contributed by atoms with Crippen LogP contribution in [0.1, 0.15) is 69.0 Å². The van der Waals surface area contributed by atoms with Gasteiger partial charge in [0.1, 0.15) is 0 Å². The second-order valence-corrected chi connectivity index (χ2v) is 7.33. The average molecular weight is 286 g/mol. The summed E-state index contributed by atoms with van der Waals surface area (Å²) < 4.78 is 0. The van der Waals surface area contributed by atoms with Crippen molar-refractivity contribution in [1.29, 1.82) is 0 Å². The van der Waals surface area contributed by atoms with Gasteiger partial charge in [-0.05, 0) is 76.7 Å². The van der Waals surface area contributed by atoms with Gasteiger partial charge in [0.15, 0.2) is 0 Å². The molecule has 1 aromatic carbocycles. The maximum Gasteiger partial charge on any atom is 0.0502 e. The smallest absolute Gasteiger partial charge is 0.0502 e. The lowest BCUT2D eigenvalue weighted by molar-refractivity contribution is 0.109. The highest BCUT2D eigenvalue weighted by Crippen LogP contribution is 2.42. The standard InChI is InChI=1S/C19H30N2/c1-19(2,21-13-6-7-14-21)18(20-3)17-12-5-4-11-16(17)15-9-8-10-15/h4-5,11-12,15,18,20H,6-10,13-14H2,1-3H3. The Hall–Kier alpha value is -0.860. The zero-order valence-electron chi connectivity index (χ0n) is 13.9. The molecule has 2 nitrogen and oxygen atoms in total. The van der Waals surface area contributed by atoms with E-state index in [4.69, 9.17) is 0 Å². The fourth-order valence-corrected chi connectivity index (χ4v) is 4.23. The summed E-state index contributed by atoms with van der Waals surface area (Å²) in [5.74, 6) is 0.798. The fourth-order valence-electron chi connectivity index (χ4n) is 4.23. The third-order valence-corrected chi connectivity index (χ3v) is 5.77. The van der Waals surface area contributed by atoms with Crippen molar-refractivity contribution in [2.45, 2.75) is 63.5 Å². The summed E-state index contributed by atoms with van der Waals surface area (Å²) in [6.07, 6.45) is 6.85. The molecule has 1 heterocycles. The predicted octanol–water partition coefficient (Wildman–Crippen LogP) is 4.09. The Kier molecular flexibility index (Phi) is 4.37. The van der Waals surface area contributed by atoms with Crippen LogP contribution < -0.4 is 5.32 Å². The van der Waals surface area contributed by atoms with Crippen molar-refractivity contribution in [2.24, 2.45) is 0 Å². The minimum atomic E-state index is 0.172. The molecule has 21 heavy (non-hydrogen) atoms. The number of benzene rings is 1. The predicted molar refractivity (Wildman–Crippen MR) is 89.7 cm³/mol. The molecule has 2 fully saturated rings. The Balaban J connectivity index is 1.92. The highest BCUT2D eigenvalue weighted by molar-refractivity contribution is 5.36. The van der Waals surface area contributed by atoms with E-state index in [1.165, 1.54) is 50.8 Å². The van der Waals surface area contributed by atoms with Gasteiger partial charge in [0, 0.05) is 5.54 Å². The van der Waals surface area contributed by atoms with Crippen LogP contribution in [0.5, 0.6) is 0 Å². The van der Waals surface area contributed by atoms with E-state index in [1.807, 2.05) is 0 Å². The highest BCUT2D eigenvalue weighted by Gasteiger charge is 2.38. The molecule has 0 bridgehead atoms. The summed E-state index contributed by atoms with van der Waals surface area (Å²) >= 11 is 0. The second-order valence-electron chi connectivity index (χ2n) is 7.33. The van der Waals surface area contributed by atoms with E-state index >= 15 is 0 Å². The zero-order valence-corrected chi connectivity index (χ0v) is 13.9. The van der Waals surface area contributed by atoms with Gasteiger partial charge in [-0.3, -0.25) is 4.90 Å². The van der Waals surface area contributed by atoms with Crippen LogP contribution in [0.2, 0.25) is 0 Å². The first kappa shape index (κ1) is 15.1. The van der Waals surface area contributed by atoms with Crippen LogP contribution in [-0.4, -0.2) is 30.6 Å². The molecule has 2 aliphatic rings. The largest absolute Gasteiger partial charge is 0.311 e. The van der Waals surface area contributed by atoms with E-state index in [0.717, 1.165) is 5.92 Å². The first-order valence-electron chi connectivity index (χ1n) is 8.65. The van der Waals surface area contributed by atoms with Gasteiger partial charge in [0.05, 0.1) is 6.04 Å². The quantitative estimate of drug-likeness (QED) is 0.877. The summed E-state index contributed by atoms with van der Waals surface area (Å²) in [6, 6.07) is 9.55. The summed E-state index contributed by atoms with van der Waals surface area (Å²) in [6.45, 7) is 7.32. The lowest BCUT2D eigenvalue weighted by Crippen LogP contribution is -2.51. The molecule has 1 saturated carbocycles. The SMILES string of the molecule is CNC(c1ccccc1C1CCC1)C(C)(C)N1CCCC1. The Morgan fingerprint density at radius 3 is 2.33 bits per heavy atom. The van der Waals surface area contributed by atoms with Crippen molar-refractivity contribution in [1.82, 2.24) is 10.2 Å². The fraction of sp³-hybridized carbons (Fsp3) is 0.684. The Labute approximate surface area is 129 Å². The number of likely N-dealkylation sites (N-methyl/N-ethyl adjacent to an activating group) is 1. The third-order valence-electron chi connectivity index (χ3n) is 5.77. The monoisotopic (exact) mass is 286 g/mol. The number of rotatable bonds is 5. The van der Waals surface area contributed by atoms with Gasteiger partial charge in [-0.1, -0.05) is 30.7 Å². The molecule has 2 heteroatoms. The third kappa shape index (κ3) is 2.76. The van der Waals surface area contributed by atoms with Crippen LogP contribution in [0.15, 0.2) is 24.3 Å². The van der Waals surface area contributed by atoms with Crippen LogP contribution in [0.3, 0.4) is 0 Å². The number of hydrogen-bond donors (Lipinski definition) is 1. The Morgan fingerprint density at radius 1 is 1.10 bits per heavy atom. The van der Waals surface area contributed by atoms with Gasteiger partial charge in [-0.15, -0.1) is 0 Å². The molecule has 0 radical (unpaired) electrons. The molecule has 1 aromatic rings. The number of nitrogens with one attached hydrogen (secondary N) is 1. The molecule has 1 atom stereocenters. The van der Waals surface area contributed by atoms with Crippen molar-refractivity contribution < 1.29 is 0 Å². The Bertz CT molecular complexity index is 470. The molecule has 0 spiro atoms. The molecular formula is C19H30N2. The molecule has 1 aliphatic carbocycles. The van der Waals surface area contributed by atoms with Crippen LogP contribution in [0, 0.1) is 0 Å². The molecule has 1 aliphatic heterocycles. The van der Waals surface area contributed by atoms with E-state index in [2.05, 4.69) is 55.4 Å². The summed E-state index contributed by atoms with van der Waals surface area (Å²) in [4.78, 5) is 2.67. The normalized spacial score (nSPS) is 22.2. The zero-order chi connectivity index (χ0) is 14.9. The van der Waals surface area contributed by atoms with Crippen molar-refractivity contribution in [3.05, 3.63) is 35.4 Å². The number of hydrogen-bond acceptors (Lipinski definition) is 2. The van der Waals surface area contributed by atoms with Crippen LogP contribution in [0.4, 0.5) is 0 Å². The summed E-state index contributed by atoms with van der Waals surface area (Å²) in [7, 11) is 2.13. The van der Waals surface area contributed by atoms with Crippen LogP contribution in [0.25, 0.3) is 0 Å². The second kappa shape index (κ2) is 6.10. The Morgan fingerprint density at radius 2 is 1.76 bits per heavy atom. The van der Waals surface area contributed by atoms with E-state index < -0.39 is 0 Å². The molecule has 3 rings (SSSR count). The van der Waals surface area contributed by atoms with Crippen LogP contribution in [-0.2, 0) is 0 Å². The minimum Gasteiger partial charge on any atom is -0.311 e. The van der Waals surface area contributed by atoms with Gasteiger partial charge >= 0.3 is 0 Å². The lowest BCUT2D eigenvalue weighted by Gasteiger charge is -2.44. The number of nitrogens with zero attached hydrogens (tertiary/aromatic N) is 1. The van der Waals surface area contributed by atoms with Crippen molar-refractivity contribution >= 4 is 0 Å². The van der Waals surface area contributed by atoms with Gasteiger partial charge in [-0.25, -0.2) is 0 Å². The van der Waals surface area contributed by atoms with E-state index in [1.54, 1.807) is 5.56 Å². The van der Waals surface area contributed by atoms with Crippen molar-refractivity contribution in [3.63, 3.8) is 0 Å². The summed E-state index contributed by atoms with van der Waals surface area (Å²) in [5, 5.41) is 3.64. The summed E-state index contributed by atoms with van der Waals surface area (Å²) in [5.41, 5.74) is 3.29. The molecular weight excluding hydrogens is 256 g/mol. The topological polar surface area (TPSA) is 15.3 Å². The first-order valence-corrected chi connectivity index (χ1v) is 8.65. The molecule has 1 saturated heterocycles. The van der Waals surface area contributed by atoms with Gasteiger partial charge in [-0.2, -0.15) is 0 Å². The first-order chi connectivity index (χ1) is 10.1. The molecule has 116 valence electrons. The van der Waals surface area contributed by atoms with Gasteiger partial charge in [0.2, 0.25) is 0 Å². The van der Waals surface area contributed by atoms with Crippen LogP contribution >= 0.6 is 0 Å². The minimum absolute atomic E-state index is 0.172. The van der Waals surface area contributed by atoms with Gasteiger partial charge < -0.3 is 5.32 Å². The van der Waals surface area contributed by atoms with Crippen molar-refractivity contribution in [3.8, 4) is 0 Å². The van der Waals surface area contributed by atoms with E-state index in [9.17, 15) is 0 Å². The van der Waals surface area contributed by atoms with Gasteiger partial charge in [0.25, 0.3) is 0 Å².